The second kappa shape index (κ2) is 17.0. The molecule has 0 aromatic heterocycles. The average Bonchev–Trinajstić information content (AvgIpc) is 2.67. The van der Waals surface area contributed by atoms with Crippen LogP contribution in [0, 0.1) is 0 Å². The van der Waals surface area contributed by atoms with Gasteiger partial charge in [0.15, 0.2) is 0 Å². The molecule has 1 atom stereocenters. The van der Waals surface area contributed by atoms with Crippen molar-refractivity contribution in [3.63, 3.8) is 0 Å². The summed E-state index contributed by atoms with van der Waals surface area (Å²) in [6, 6.07) is 0. The Kier molecular flexibility index (Phi) is 15.6. The van der Waals surface area contributed by atoms with Crippen LogP contribution in [0.4, 0.5) is 0 Å². The molecule has 1 unspecified atom stereocenters. The average molecular weight is 442 g/mol. The van der Waals surface area contributed by atoms with Crippen LogP contribution in [0.2, 0.25) is 0 Å². The largest absolute Gasteiger partial charge is 0.460 e. The molecule has 0 spiro atoms. The molecule has 0 aliphatic heterocycles. The molecule has 0 heterocycles. The van der Waals surface area contributed by atoms with E-state index in [2.05, 4.69) is 12.2 Å². The predicted octanol–water partition coefficient (Wildman–Crippen LogP) is 2.24. The maximum Gasteiger partial charge on any atom is 0.331 e. The van der Waals surface area contributed by atoms with Gasteiger partial charge in [0.1, 0.15) is 12.7 Å². The van der Waals surface area contributed by atoms with Gasteiger partial charge in [-0.1, -0.05) is 19.8 Å². The third kappa shape index (κ3) is 17.9. The molecule has 176 valence electrons. The minimum absolute atomic E-state index is 0.223. The lowest BCUT2D eigenvalue weighted by Crippen LogP contribution is -2.35. The van der Waals surface area contributed by atoms with Gasteiger partial charge in [0, 0.05) is 30.8 Å². The van der Waals surface area contributed by atoms with Crippen LogP contribution >= 0.6 is 0 Å². The number of unbranched alkanes of at least 4 members (excludes halogenated alkanes) is 2. The summed E-state index contributed by atoms with van der Waals surface area (Å²) in [5.74, 6) is -2.87. The number of hydrogen-bond acceptors (Lipinski definition) is 9. The van der Waals surface area contributed by atoms with E-state index >= 15 is 0 Å². The third-order valence-electron chi connectivity index (χ3n) is 3.44. The highest BCUT2D eigenvalue weighted by Gasteiger charge is 2.16. The van der Waals surface area contributed by atoms with Crippen molar-refractivity contribution >= 4 is 23.9 Å². The van der Waals surface area contributed by atoms with Crippen molar-refractivity contribution in [2.24, 2.45) is 0 Å². The number of hydrogen-bond donors (Lipinski definition) is 1. The minimum Gasteiger partial charge on any atom is -0.460 e. The molecule has 9 nitrogen and oxygen atoms in total. The lowest BCUT2D eigenvalue weighted by Gasteiger charge is -2.17. The molecule has 0 radical (unpaired) electrons. The van der Waals surface area contributed by atoms with E-state index in [1.807, 2.05) is 0 Å². The highest BCUT2D eigenvalue weighted by Crippen LogP contribution is 1.99. The Balaban J connectivity index is 4.70. The van der Waals surface area contributed by atoms with Gasteiger partial charge in [0.25, 0.3) is 0 Å². The number of ether oxygens (including phenoxy) is 4. The van der Waals surface area contributed by atoms with Gasteiger partial charge in [-0.2, -0.15) is 0 Å². The number of carbonyl (C=O) groups excluding carboxylic acids is 4. The first-order chi connectivity index (χ1) is 14.6. The zero-order valence-corrected chi connectivity index (χ0v) is 19.1. The van der Waals surface area contributed by atoms with Crippen molar-refractivity contribution in [2.45, 2.75) is 72.2 Å². The first-order valence-electron chi connectivity index (χ1n) is 10.5. The molecule has 0 fully saturated rings. The first-order valence-corrected chi connectivity index (χ1v) is 10.5. The fraction of sp³-hybridized carbons (Fsp3) is 0.636. The van der Waals surface area contributed by atoms with Gasteiger partial charge >= 0.3 is 23.9 Å². The van der Waals surface area contributed by atoms with Gasteiger partial charge in [-0.3, -0.25) is 0 Å². The van der Waals surface area contributed by atoms with Gasteiger partial charge in [-0.05, 0) is 40.7 Å². The Labute approximate surface area is 184 Å². The molecule has 1 N–H and O–H groups in total. The zero-order valence-electron chi connectivity index (χ0n) is 19.1. The van der Waals surface area contributed by atoms with Crippen molar-refractivity contribution < 1.29 is 38.1 Å². The van der Waals surface area contributed by atoms with Crippen molar-refractivity contribution in [3.8, 4) is 0 Å². The summed E-state index contributed by atoms with van der Waals surface area (Å²) in [7, 11) is 0. The summed E-state index contributed by atoms with van der Waals surface area (Å²) >= 11 is 0. The van der Waals surface area contributed by atoms with E-state index in [1.165, 1.54) is 0 Å². The van der Waals surface area contributed by atoms with E-state index in [0.717, 1.165) is 43.6 Å². The fourth-order valence-corrected chi connectivity index (χ4v) is 2.14. The van der Waals surface area contributed by atoms with Crippen molar-refractivity contribution in [1.29, 1.82) is 0 Å². The predicted molar refractivity (Wildman–Crippen MR) is 114 cm³/mol. The smallest absolute Gasteiger partial charge is 0.331 e. The van der Waals surface area contributed by atoms with Gasteiger partial charge in [-0.15, -0.1) is 0 Å². The van der Waals surface area contributed by atoms with E-state index in [9.17, 15) is 19.2 Å². The molecule has 0 amide bonds. The molecule has 0 aromatic rings. The van der Waals surface area contributed by atoms with Crippen LogP contribution in [-0.2, 0) is 38.1 Å². The highest BCUT2D eigenvalue weighted by molar-refractivity contribution is 5.92. The third-order valence-corrected chi connectivity index (χ3v) is 3.44. The van der Waals surface area contributed by atoms with Gasteiger partial charge in [0.05, 0.1) is 12.2 Å². The maximum absolute atomic E-state index is 12.0. The lowest BCUT2D eigenvalue weighted by atomic mass is 10.2. The van der Waals surface area contributed by atoms with Crippen LogP contribution in [0.25, 0.3) is 0 Å². The van der Waals surface area contributed by atoms with Crippen molar-refractivity contribution in [1.82, 2.24) is 5.32 Å². The summed E-state index contributed by atoms with van der Waals surface area (Å²) in [5.41, 5.74) is 0. The SMILES string of the molecule is CCCCCNCC(COC(=O)/C=C/C(=O)OC(C)C)OC(=O)/C=C/C(=O)OC(C)C. The number of nitrogens with one attached hydrogen (secondary N) is 1. The van der Waals surface area contributed by atoms with Gasteiger partial charge in [0.2, 0.25) is 0 Å². The first kappa shape index (κ1) is 28.3. The summed E-state index contributed by atoms with van der Waals surface area (Å²) in [4.78, 5) is 46.7. The maximum atomic E-state index is 12.0. The molecule has 0 rings (SSSR count). The molecule has 0 aromatic carbocycles. The Morgan fingerprint density at radius 3 is 1.71 bits per heavy atom. The van der Waals surface area contributed by atoms with Crippen LogP contribution in [0.3, 0.4) is 0 Å². The van der Waals surface area contributed by atoms with Crippen LogP contribution < -0.4 is 5.32 Å². The second-order valence-electron chi connectivity index (χ2n) is 7.24. The van der Waals surface area contributed by atoms with Crippen molar-refractivity contribution in [2.75, 3.05) is 19.7 Å². The highest BCUT2D eigenvalue weighted by atomic mass is 16.6. The normalized spacial score (nSPS) is 12.4. The van der Waals surface area contributed by atoms with E-state index in [1.54, 1.807) is 27.7 Å². The quantitative estimate of drug-likeness (QED) is 0.177. The summed E-state index contributed by atoms with van der Waals surface area (Å²) < 4.78 is 20.1. The molecular weight excluding hydrogens is 406 g/mol. The Bertz CT molecular complexity index is 625. The zero-order chi connectivity index (χ0) is 23.6. The molecule has 0 bridgehead atoms. The Morgan fingerprint density at radius 2 is 1.23 bits per heavy atom. The standard InChI is InChI=1S/C22H35NO8/c1-6-7-8-13-23-14-18(31-22(27)12-11-21(26)30-17(4)5)15-28-19(24)9-10-20(25)29-16(2)3/h9-12,16-18,23H,6-8,13-15H2,1-5H3/b10-9+,12-11+. The Morgan fingerprint density at radius 1 is 0.742 bits per heavy atom. The summed E-state index contributed by atoms with van der Waals surface area (Å²) in [5, 5.41) is 3.14. The van der Waals surface area contributed by atoms with Crippen LogP contribution in [0.1, 0.15) is 53.9 Å². The number of esters is 4. The fourth-order valence-electron chi connectivity index (χ4n) is 2.14. The Hall–Kier alpha value is -2.68. The van der Waals surface area contributed by atoms with E-state index in [-0.39, 0.29) is 25.4 Å². The van der Waals surface area contributed by atoms with E-state index in [4.69, 9.17) is 18.9 Å². The minimum atomic E-state index is -0.778. The van der Waals surface area contributed by atoms with Crippen LogP contribution in [0.15, 0.2) is 24.3 Å². The molecule has 0 aliphatic rings. The molecule has 9 heteroatoms. The summed E-state index contributed by atoms with van der Waals surface area (Å²) in [6.45, 7) is 9.59. The van der Waals surface area contributed by atoms with Crippen LogP contribution in [0.5, 0.6) is 0 Å². The molecule has 0 aliphatic carbocycles. The van der Waals surface area contributed by atoms with E-state index < -0.39 is 30.0 Å². The summed E-state index contributed by atoms with van der Waals surface area (Å²) in [6.07, 6.45) is 5.54. The molecular formula is C22H35NO8. The topological polar surface area (TPSA) is 117 Å². The lowest BCUT2D eigenvalue weighted by molar-refractivity contribution is -0.152. The van der Waals surface area contributed by atoms with Gasteiger partial charge < -0.3 is 24.3 Å². The van der Waals surface area contributed by atoms with Crippen LogP contribution in [-0.4, -0.2) is 61.9 Å². The number of rotatable bonds is 15. The van der Waals surface area contributed by atoms with Crippen molar-refractivity contribution in [3.05, 3.63) is 24.3 Å². The molecule has 0 saturated carbocycles. The monoisotopic (exact) mass is 441 g/mol. The molecule has 31 heavy (non-hydrogen) atoms. The van der Waals surface area contributed by atoms with E-state index in [0.29, 0.717) is 6.54 Å². The van der Waals surface area contributed by atoms with Gasteiger partial charge in [-0.25, -0.2) is 19.2 Å². The second-order valence-corrected chi connectivity index (χ2v) is 7.24. The molecule has 0 saturated heterocycles. The number of carbonyl (C=O) groups is 4.